The summed E-state index contributed by atoms with van der Waals surface area (Å²) in [6.07, 6.45) is 0. The molecule has 2 aliphatic rings. The SMILES string of the molecule is Clc1cc2c3c(c1)N(c1c(-c4ccccc4)cccc1-c1ccccc1)c1cc(-c4ccccc4)ccc1B3c1ccc(-c3ccccc3)cc1[Se]2. The van der Waals surface area contributed by atoms with Crippen LogP contribution in [0.2, 0.25) is 5.02 Å². The molecule has 8 aromatic rings. The van der Waals surface area contributed by atoms with Crippen molar-refractivity contribution < 1.29 is 0 Å². The summed E-state index contributed by atoms with van der Waals surface area (Å²) in [4.78, 5) is 2.53. The third kappa shape index (κ3) is 5.24. The maximum absolute atomic E-state index is 7.19. The first-order valence-corrected chi connectivity index (χ1v) is 19.7. The van der Waals surface area contributed by atoms with Crippen molar-refractivity contribution in [3.05, 3.63) is 193 Å². The van der Waals surface area contributed by atoms with E-state index in [4.69, 9.17) is 11.6 Å². The summed E-state index contributed by atoms with van der Waals surface area (Å²) in [6, 6.07) is 68.5. The molecule has 8 aromatic carbocycles. The predicted molar refractivity (Wildman–Crippen MR) is 224 cm³/mol. The average molecular weight is 747 g/mol. The van der Waals surface area contributed by atoms with E-state index in [1.807, 2.05) is 0 Å². The Morgan fingerprint density at radius 1 is 0.404 bits per heavy atom. The summed E-state index contributed by atoms with van der Waals surface area (Å²) >= 11 is 7.26. The average Bonchev–Trinajstić information content (AvgIpc) is 3.21. The van der Waals surface area contributed by atoms with Gasteiger partial charge in [-0.25, -0.2) is 0 Å². The fraction of sp³-hybridized carbons (Fsp3) is 0. The zero-order valence-electron chi connectivity index (χ0n) is 28.2. The summed E-state index contributed by atoms with van der Waals surface area (Å²) in [7, 11) is 0. The monoisotopic (exact) mass is 747 g/mol. The van der Waals surface area contributed by atoms with Crippen molar-refractivity contribution in [2.24, 2.45) is 0 Å². The second-order valence-electron chi connectivity index (χ2n) is 13.4. The van der Waals surface area contributed by atoms with Crippen LogP contribution in [0.4, 0.5) is 17.1 Å². The number of hydrogen-bond donors (Lipinski definition) is 0. The third-order valence-corrected chi connectivity index (χ3v) is 13.0. The molecule has 0 saturated heterocycles. The van der Waals surface area contributed by atoms with Crippen LogP contribution in [0.25, 0.3) is 44.5 Å². The van der Waals surface area contributed by atoms with Gasteiger partial charge in [-0.05, 0) is 0 Å². The third-order valence-electron chi connectivity index (χ3n) is 10.4. The topological polar surface area (TPSA) is 3.24 Å². The number of halogens is 1. The molecule has 0 aliphatic carbocycles. The molecular formula is C48H31BClNSe. The summed E-state index contributed by atoms with van der Waals surface area (Å²) in [5, 5.41) is 0.767. The van der Waals surface area contributed by atoms with E-state index in [0.29, 0.717) is 0 Å². The van der Waals surface area contributed by atoms with Gasteiger partial charge in [-0.2, -0.15) is 0 Å². The van der Waals surface area contributed by atoms with Crippen molar-refractivity contribution in [2.45, 2.75) is 0 Å². The fourth-order valence-electron chi connectivity index (χ4n) is 8.06. The number of fused-ring (bicyclic) bond motifs is 4. The first-order valence-electron chi connectivity index (χ1n) is 17.7. The molecule has 244 valence electrons. The van der Waals surface area contributed by atoms with Crippen LogP contribution in [-0.4, -0.2) is 21.7 Å². The molecule has 2 heterocycles. The van der Waals surface area contributed by atoms with E-state index < -0.39 is 0 Å². The summed E-state index contributed by atoms with van der Waals surface area (Å²) in [5.41, 5.74) is 17.2. The van der Waals surface area contributed by atoms with E-state index >= 15 is 0 Å². The normalized spacial score (nSPS) is 12.6. The van der Waals surface area contributed by atoms with Gasteiger partial charge in [0.1, 0.15) is 0 Å². The fourth-order valence-corrected chi connectivity index (χ4v) is 11.0. The molecule has 2 aliphatic heterocycles. The predicted octanol–water partition coefficient (Wildman–Crippen LogP) is 9.28. The maximum atomic E-state index is 7.19. The van der Waals surface area contributed by atoms with E-state index in [1.165, 1.54) is 75.5 Å². The van der Waals surface area contributed by atoms with Gasteiger partial charge in [0.15, 0.2) is 0 Å². The zero-order valence-corrected chi connectivity index (χ0v) is 30.7. The molecule has 0 atom stereocenters. The van der Waals surface area contributed by atoms with Gasteiger partial charge in [0.2, 0.25) is 0 Å². The van der Waals surface area contributed by atoms with Crippen LogP contribution in [0.5, 0.6) is 0 Å². The molecule has 0 saturated carbocycles. The molecule has 0 radical (unpaired) electrons. The Hall–Kier alpha value is -5.57. The molecule has 4 heteroatoms. The van der Waals surface area contributed by atoms with Crippen molar-refractivity contribution in [1.29, 1.82) is 0 Å². The van der Waals surface area contributed by atoms with Crippen molar-refractivity contribution in [3.63, 3.8) is 0 Å². The number of rotatable bonds is 5. The minimum atomic E-state index is 0.0694. The van der Waals surface area contributed by atoms with Crippen LogP contribution in [0.1, 0.15) is 0 Å². The molecule has 0 fully saturated rings. The number of nitrogens with zero attached hydrogens (tertiary/aromatic N) is 1. The van der Waals surface area contributed by atoms with Gasteiger partial charge in [-0.1, -0.05) is 0 Å². The Kier molecular flexibility index (Phi) is 7.73. The molecule has 1 nitrogen and oxygen atoms in total. The van der Waals surface area contributed by atoms with Crippen molar-refractivity contribution in [2.75, 3.05) is 4.90 Å². The van der Waals surface area contributed by atoms with E-state index in [2.05, 4.69) is 193 Å². The Labute approximate surface area is 316 Å². The van der Waals surface area contributed by atoms with Gasteiger partial charge in [0, 0.05) is 0 Å². The molecule has 0 aromatic heterocycles. The quantitative estimate of drug-likeness (QED) is 0.159. The Bertz CT molecular complexity index is 2550. The number of benzene rings is 8. The Morgan fingerprint density at radius 2 is 0.923 bits per heavy atom. The molecule has 0 unspecified atom stereocenters. The Balaban J connectivity index is 1.29. The second-order valence-corrected chi connectivity index (χ2v) is 16.1. The van der Waals surface area contributed by atoms with Crippen LogP contribution in [-0.2, 0) is 0 Å². The molecule has 52 heavy (non-hydrogen) atoms. The van der Waals surface area contributed by atoms with Crippen LogP contribution >= 0.6 is 11.6 Å². The van der Waals surface area contributed by atoms with Crippen molar-refractivity contribution in [3.8, 4) is 44.5 Å². The molecule has 0 amide bonds. The van der Waals surface area contributed by atoms with Gasteiger partial charge in [0.25, 0.3) is 0 Å². The summed E-state index contributed by atoms with van der Waals surface area (Å²) < 4.78 is 2.76. The first-order chi connectivity index (χ1) is 25.7. The molecule has 0 bridgehead atoms. The first kappa shape index (κ1) is 31.2. The van der Waals surface area contributed by atoms with E-state index in [1.54, 1.807) is 0 Å². The van der Waals surface area contributed by atoms with Gasteiger partial charge in [-0.15, -0.1) is 0 Å². The van der Waals surface area contributed by atoms with Gasteiger partial charge in [-0.3, -0.25) is 0 Å². The van der Waals surface area contributed by atoms with Gasteiger partial charge < -0.3 is 0 Å². The standard InChI is InChI=1S/C48H31BClNSe/c50-38-30-44-47-46(31-38)52-45-29-37(33-16-7-2-8-17-33)25-27-42(45)49(47)41-26-24-36(32-14-5-1-6-15-32)28-43(41)51(44)48-39(34-18-9-3-10-19-34)22-13-23-40(48)35-20-11-4-12-21-35/h1-31H. The van der Waals surface area contributed by atoms with Gasteiger partial charge >= 0.3 is 318 Å². The van der Waals surface area contributed by atoms with E-state index in [0.717, 1.165) is 16.4 Å². The van der Waals surface area contributed by atoms with E-state index in [-0.39, 0.29) is 21.7 Å². The van der Waals surface area contributed by atoms with Gasteiger partial charge in [0.05, 0.1) is 0 Å². The van der Waals surface area contributed by atoms with Crippen molar-refractivity contribution >= 4 is 75.6 Å². The minimum absolute atomic E-state index is 0.0694. The summed E-state index contributed by atoms with van der Waals surface area (Å²) in [6.45, 7) is 0.0813. The Morgan fingerprint density at radius 3 is 1.50 bits per heavy atom. The molecule has 0 spiro atoms. The van der Waals surface area contributed by atoms with E-state index in [9.17, 15) is 0 Å². The zero-order chi connectivity index (χ0) is 34.6. The molecular weight excluding hydrogens is 716 g/mol. The van der Waals surface area contributed by atoms with Crippen LogP contribution < -0.4 is 30.2 Å². The number of hydrogen-bond acceptors (Lipinski definition) is 1. The second kappa shape index (κ2) is 12.9. The molecule has 10 rings (SSSR count). The van der Waals surface area contributed by atoms with Crippen LogP contribution in [0.3, 0.4) is 0 Å². The van der Waals surface area contributed by atoms with Crippen LogP contribution in [0.15, 0.2) is 188 Å². The number of anilines is 3. The summed E-state index contributed by atoms with van der Waals surface area (Å²) in [5.74, 6) is 0. The van der Waals surface area contributed by atoms with Crippen LogP contribution in [0, 0.1) is 0 Å². The molecule has 0 N–H and O–H groups in total. The van der Waals surface area contributed by atoms with Crippen molar-refractivity contribution in [1.82, 2.24) is 0 Å². The number of para-hydroxylation sites is 1.